The minimum absolute atomic E-state index is 0.324. The molecule has 0 heterocycles. The molecular formula is C19H28O3. The lowest BCUT2D eigenvalue weighted by Gasteiger charge is -2.09. The number of aryl methyl sites for hydroxylation is 1. The van der Waals surface area contributed by atoms with Crippen LogP contribution in [-0.2, 0) is 16.1 Å². The SMILES string of the molecule is C=C(C)C(=O)OOc1ccccc1CCCCCCCCC. The summed E-state index contributed by atoms with van der Waals surface area (Å²) in [7, 11) is 0. The Hall–Kier alpha value is -1.77. The first-order chi connectivity index (χ1) is 10.6. The Balaban J connectivity index is 2.34. The van der Waals surface area contributed by atoms with Crippen molar-refractivity contribution in [2.75, 3.05) is 0 Å². The van der Waals surface area contributed by atoms with Gasteiger partial charge in [-0.15, -0.1) is 0 Å². The monoisotopic (exact) mass is 304 g/mol. The third kappa shape index (κ3) is 7.30. The van der Waals surface area contributed by atoms with E-state index in [0.29, 0.717) is 11.3 Å². The number of hydrogen-bond donors (Lipinski definition) is 0. The summed E-state index contributed by atoms with van der Waals surface area (Å²) in [6.07, 6.45) is 9.86. The van der Waals surface area contributed by atoms with Crippen molar-refractivity contribution < 1.29 is 14.6 Å². The summed E-state index contributed by atoms with van der Waals surface area (Å²) in [5, 5.41) is 0. The average molecular weight is 304 g/mol. The summed E-state index contributed by atoms with van der Waals surface area (Å²) in [6.45, 7) is 7.35. The van der Waals surface area contributed by atoms with E-state index in [4.69, 9.17) is 9.78 Å². The zero-order chi connectivity index (χ0) is 16.2. The Morgan fingerprint density at radius 1 is 1.05 bits per heavy atom. The fourth-order valence-electron chi connectivity index (χ4n) is 2.22. The fourth-order valence-corrected chi connectivity index (χ4v) is 2.22. The number of benzene rings is 1. The number of para-hydroxylation sites is 1. The lowest BCUT2D eigenvalue weighted by molar-refractivity contribution is -0.208. The molecule has 1 rings (SSSR count). The Morgan fingerprint density at radius 2 is 1.68 bits per heavy atom. The summed E-state index contributed by atoms with van der Waals surface area (Å²) in [4.78, 5) is 21.3. The van der Waals surface area contributed by atoms with E-state index >= 15 is 0 Å². The molecule has 0 saturated carbocycles. The zero-order valence-electron chi connectivity index (χ0n) is 13.9. The van der Waals surface area contributed by atoms with Crippen LogP contribution in [0.15, 0.2) is 36.4 Å². The highest BCUT2D eigenvalue weighted by molar-refractivity contribution is 5.86. The van der Waals surface area contributed by atoms with Crippen LogP contribution in [0.4, 0.5) is 0 Å². The molecule has 0 bridgehead atoms. The molecule has 0 aromatic heterocycles. The van der Waals surface area contributed by atoms with Crippen molar-refractivity contribution in [1.29, 1.82) is 0 Å². The van der Waals surface area contributed by atoms with E-state index in [2.05, 4.69) is 13.5 Å². The Morgan fingerprint density at radius 3 is 2.36 bits per heavy atom. The number of carbonyl (C=O) groups excluding carboxylic acids is 1. The third-order valence-corrected chi connectivity index (χ3v) is 3.58. The van der Waals surface area contributed by atoms with Crippen LogP contribution in [0.3, 0.4) is 0 Å². The lowest BCUT2D eigenvalue weighted by atomic mass is 10.0. The standard InChI is InChI=1S/C19H28O3/c1-4-5-6-7-8-9-10-13-17-14-11-12-15-18(17)21-22-19(20)16(2)3/h11-12,14-15H,2,4-10,13H2,1,3H3. The second-order valence-electron chi connectivity index (χ2n) is 5.71. The zero-order valence-corrected chi connectivity index (χ0v) is 13.9. The molecule has 0 saturated heterocycles. The molecule has 0 N–H and O–H groups in total. The van der Waals surface area contributed by atoms with Gasteiger partial charge in [0.2, 0.25) is 0 Å². The molecule has 3 nitrogen and oxygen atoms in total. The molecule has 0 aliphatic carbocycles. The maximum atomic E-state index is 11.4. The van der Waals surface area contributed by atoms with Crippen molar-refractivity contribution in [2.45, 2.75) is 65.2 Å². The van der Waals surface area contributed by atoms with E-state index in [1.165, 1.54) is 38.5 Å². The molecule has 0 radical (unpaired) electrons. The number of carbonyl (C=O) groups is 1. The van der Waals surface area contributed by atoms with E-state index < -0.39 is 5.97 Å². The van der Waals surface area contributed by atoms with Crippen LogP contribution in [0.25, 0.3) is 0 Å². The van der Waals surface area contributed by atoms with Gasteiger partial charge in [-0.3, -0.25) is 4.89 Å². The van der Waals surface area contributed by atoms with Crippen LogP contribution in [0.2, 0.25) is 0 Å². The van der Waals surface area contributed by atoms with E-state index in [9.17, 15) is 4.79 Å². The Kier molecular flexibility index (Phi) is 9.04. The molecule has 0 amide bonds. The normalized spacial score (nSPS) is 10.3. The summed E-state index contributed by atoms with van der Waals surface area (Å²) in [5.74, 6) is 0.0776. The van der Waals surface area contributed by atoms with Gasteiger partial charge in [0.25, 0.3) is 0 Å². The molecular weight excluding hydrogens is 276 g/mol. The summed E-state index contributed by atoms with van der Waals surface area (Å²) < 4.78 is 0. The number of hydrogen-bond acceptors (Lipinski definition) is 3. The van der Waals surface area contributed by atoms with Gasteiger partial charge in [0, 0.05) is 5.57 Å². The van der Waals surface area contributed by atoms with Crippen molar-refractivity contribution in [3.8, 4) is 5.75 Å². The molecule has 0 fully saturated rings. The first-order valence-electron chi connectivity index (χ1n) is 8.27. The predicted octanol–water partition coefficient (Wildman–Crippen LogP) is 5.39. The van der Waals surface area contributed by atoms with Crippen molar-refractivity contribution in [3.63, 3.8) is 0 Å². The molecule has 0 aliphatic rings. The third-order valence-electron chi connectivity index (χ3n) is 3.58. The number of unbranched alkanes of at least 4 members (excludes halogenated alkanes) is 6. The first kappa shape index (κ1) is 18.3. The van der Waals surface area contributed by atoms with Gasteiger partial charge in [-0.2, -0.15) is 0 Å². The van der Waals surface area contributed by atoms with E-state index in [-0.39, 0.29) is 0 Å². The van der Waals surface area contributed by atoms with Crippen molar-refractivity contribution in [1.82, 2.24) is 0 Å². The van der Waals surface area contributed by atoms with Crippen LogP contribution in [0, 0.1) is 0 Å². The molecule has 3 heteroatoms. The van der Waals surface area contributed by atoms with Crippen molar-refractivity contribution in [3.05, 3.63) is 42.0 Å². The minimum atomic E-state index is -0.536. The Bertz CT molecular complexity index is 466. The predicted molar refractivity (Wildman–Crippen MR) is 89.7 cm³/mol. The van der Waals surface area contributed by atoms with Crippen LogP contribution in [-0.4, -0.2) is 5.97 Å². The molecule has 0 aliphatic heterocycles. The van der Waals surface area contributed by atoms with Crippen molar-refractivity contribution in [2.24, 2.45) is 0 Å². The summed E-state index contributed by atoms with van der Waals surface area (Å²) in [6, 6.07) is 7.69. The van der Waals surface area contributed by atoms with E-state index in [0.717, 1.165) is 18.4 Å². The van der Waals surface area contributed by atoms with Crippen LogP contribution >= 0.6 is 0 Å². The van der Waals surface area contributed by atoms with Crippen molar-refractivity contribution >= 4 is 5.97 Å². The summed E-state index contributed by atoms with van der Waals surface area (Å²) in [5.41, 5.74) is 1.40. The fraction of sp³-hybridized carbons (Fsp3) is 0.526. The van der Waals surface area contributed by atoms with Crippen LogP contribution < -0.4 is 4.89 Å². The molecule has 22 heavy (non-hydrogen) atoms. The first-order valence-corrected chi connectivity index (χ1v) is 8.27. The smallest absolute Gasteiger partial charge is 0.286 e. The number of rotatable bonds is 11. The van der Waals surface area contributed by atoms with Gasteiger partial charge in [0.15, 0.2) is 5.75 Å². The lowest BCUT2D eigenvalue weighted by Crippen LogP contribution is -2.09. The topological polar surface area (TPSA) is 35.5 Å². The molecule has 122 valence electrons. The van der Waals surface area contributed by atoms with E-state index in [1.807, 2.05) is 24.3 Å². The quantitative estimate of drug-likeness (QED) is 0.238. The van der Waals surface area contributed by atoms with Crippen LogP contribution in [0.5, 0.6) is 5.75 Å². The van der Waals surface area contributed by atoms with Gasteiger partial charge in [0.05, 0.1) is 0 Å². The highest BCUT2D eigenvalue weighted by Crippen LogP contribution is 2.21. The Labute approximate surface area is 134 Å². The molecule has 0 unspecified atom stereocenters. The van der Waals surface area contributed by atoms with Crippen LogP contribution in [0.1, 0.15) is 64.4 Å². The highest BCUT2D eigenvalue weighted by atomic mass is 17.2. The second-order valence-corrected chi connectivity index (χ2v) is 5.71. The highest BCUT2D eigenvalue weighted by Gasteiger charge is 2.09. The van der Waals surface area contributed by atoms with Gasteiger partial charge in [-0.1, -0.05) is 70.2 Å². The average Bonchev–Trinajstić information content (AvgIpc) is 2.52. The van der Waals surface area contributed by atoms with E-state index in [1.54, 1.807) is 6.92 Å². The van der Waals surface area contributed by atoms with Gasteiger partial charge in [-0.05, 0) is 31.4 Å². The molecule has 1 aromatic rings. The van der Waals surface area contributed by atoms with Gasteiger partial charge in [0.1, 0.15) is 0 Å². The largest absolute Gasteiger partial charge is 0.381 e. The minimum Gasteiger partial charge on any atom is -0.286 e. The van der Waals surface area contributed by atoms with Gasteiger partial charge >= 0.3 is 5.97 Å². The second kappa shape index (κ2) is 10.9. The van der Waals surface area contributed by atoms with Gasteiger partial charge < -0.3 is 0 Å². The molecule has 1 aromatic carbocycles. The summed E-state index contributed by atoms with van der Waals surface area (Å²) >= 11 is 0. The molecule has 0 atom stereocenters. The molecule has 0 spiro atoms. The maximum Gasteiger partial charge on any atom is 0.381 e. The van der Waals surface area contributed by atoms with Gasteiger partial charge in [-0.25, -0.2) is 9.68 Å². The maximum absolute atomic E-state index is 11.4.